The maximum atomic E-state index is 11.7. The highest BCUT2D eigenvalue weighted by molar-refractivity contribution is 7.89. The van der Waals surface area contributed by atoms with Crippen LogP contribution in [0.4, 0.5) is 5.82 Å². The van der Waals surface area contributed by atoms with Gasteiger partial charge in [0.2, 0.25) is 10.0 Å². The van der Waals surface area contributed by atoms with Crippen molar-refractivity contribution in [3.63, 3.8) is 0 Å². The van der Waals surface area contributed by atoms with E-state index in [1.54, 1.807) is 24.3 Å². The van der Waals surface area contributed by atoms with E-state index in [4.69, 9.17) is 33.1 Å². The van der Waals surface area contributed by atoms with Gasteiger partial charge in [0.25, 0.3) is 0 Å². The maximum absolute atomic E-state index is 11.7. The molecule has 1 aliphatic rings. The summed E-state index contributed by atoms with van der Waals surface area (Å²) in [6, 6.07) is 8.06. The van der Waals surface area contributed by atoms with Crippen LogP contribution in [0.15, 0.2) is 41.4 Å². The van der Waals surface area contributed by atoms with E-state index in [0.717, 1.165) is 6.42 Å². The van der Waals surface area contributed by atoms with E-state index in [1.165, 1.54) is 12.3 Å². The molecule has 0 radical (unpaired) electrons. The molecule has 9 heteroatoms. The maximum Gasteiger partial charge on any atom is 0.241 e. The summed E-state index contributed by atoms with van der Waals surface area (Å²) in [5.41, 5.74) is 0. The Labute approximate surface area is 150 Å². The lowest BCUT2D eigenvalue weighted by molar-refractivity contribution is 0.225. The summed E-state index contributed by atoms with van der Waals surface area (Å²) >= 11 is 11.9. The Hall–Kier alpha value is -1.54. The molecule has 24 heavy (non-hydrogen) atoms. The number of benzene rings is 1. The third-order valence-corrected chi connectivity index (χ3v) is 5.37. The summed E-state index contributed by atoms with van der Waals surface area (Å²) in [6.07, 6.45) is 2.15. The predicted molar refractivity (Wildman–Crippen MR) is 93.3 cm³/mol. The number of sulfonamides is 1. The summed E-state index contributed by atoms with van der Waals surface area (Å²) in [4.78, 5) is 6.03. The first kappa shape index (κ1) is 17.3. The first-order valence-electron chi connectivity index (χ1n) is 7.19. The van der Waals surface area contributed by atoms with Crippen molar-refractivity contribution in [1.29, 1.82) is 0 Å². The van der Waals surface area contributed by atoms with Gasteiger partial charge in [0.05, 0.1) is 16.6 Å². The van der Waals surface area contributed by atoms with E-state index in [2.05, 4.69) is 4.98 Å². The van der Waals surface area contributed by atoms with Gasteiger partial charge < -0.3 is 9.64 Å². The average Bonchev–Trinajstić information content (AvgIpc) is 2.98. The van der Waals surface area contributed by atoms with Gasteiger partial charge >= 0.3 is 0 Å². The number of hydrogen-bond donors (Lipinski definition) is 1. The van der Waals surface area contributed by atoms with Crippen molar-refractivity contribution in [3.8, 4) is 5.75 Å². The van der Waals surface area contributed by atoms with Gasteiger partial charge in [-0.25, -0.2) is 18.5 Å². The highest BCUT2D eigenvalue weighted by atomic mass is 35.5. The van der Waals surface area contributed by atoms with Crippen molar-refractivity contribution < 1.29 is 13.2 Å². The molecule has 1 fully saturated rings. The third kappa shape index (κ3) is 3.75. The first-order chi connectivity index (χ1) is 11.3. The number of halogens is 2. The molecule has 0 aliphatic carbocycles. The zero-order valence-electron chi connectivity index (χ0n) is 12.5. The van der Waals surface area contributed by atoms with Crippen LogP contribution in [0.5, 0.6) is 5.75 Å². The zero-order chi connectivity index (χ0) is 17.3. The monoisotopic (exact) mass is 387 g/mol. The van der Waals surface area contributed by atoms with Crippen LogP contribution in [0.3, 0.4) is 0 Å². The first-order valence-corrected chi connectivity index (χ1v) is 9.49. The molecule has 3 rings (SSSR count). The van der Waals surface area contributed by atoms with Gasteiger partial charge in [0.1, 0.15) is 22.6 Å². The van der Waals surface area contributed by atoms with Crippen molar-refractivity contribution in [3.05, 3.63) is 46.6 Å². The Morgan fingerprint density at radius 3 is 2.75 bits per heavy atom. The number of nitrogens with zero attached hydrogens (tertiary/aromatic N) is 2. The zero-order valence-corrected chi connectivity index (χ0v) is 14.9. The Morgan fingerprint density at radius 1 is 1.25 bits per heavy atom. The number of rotatable bonds is 4. The molecule has 0 amide bonds. The molecule has 0 spiro atoms. The van der Waals surface area contributed by atoms with Crippen molar-refractivity contribution >= 4 is 39.0 Å². The summed E-state index contributed by atoms with van der Waals surface area (Å²) in [6.45, 7) is 1.12. The molecule has 1 aromatic heterocycles. The van der Waals surface area contributed by atoms with Crippen LogP contribution in [0, 0.1) is 0 Å². The van der Waals surface area contributed by atoms with Gasteiger partial charge in [-0.15, -0.1) is 0 Å². The van der Waals surface area contributed by atoms with Crippen molar-refractivity contribution in [2.24, 2.45) is 5.14 Å². The highest BCUT2D eigenvalue weighted by Crippen LogP contribution is 2.30. The van der Waals surface area contributed by atoms with Crippen molar-refractivity contribution in [2.75, 3.05) is 18.0 Å². The second kappa shape index (κ2) is 6.76. The summed E-state index contributed by atoms with van der Waals surface area (Å²) < 4.78 is 29.3. The molecular formula is C15H15Cl2N3O3S. The normalized spacial score (nSPS) is 18.0. The van der Waals surface area contributed by atoms with E-state index < -0.39 is 10.0 Å². The molecule has 1 unspecified atom stereocenters. The quantitative estimate of drug-likeness (QED) is 0.871. The predicted octanol–water partition coefficient (Wildman–Crippen LogP) is 2.69. The third-order valence-electron chi connectivity index (χ3n) is 3.70. The molecule has 0 saturated carbocycles. The fraction of sp³-hybridized carbons (Fsp3) is 0.267. The Bertz CT molecular complexity index is 861. The topological polar surface area (TPSA) is 85.5 Å². The van der Waals surface area contributed by atoms with E-state index in [1.807, 2.05) is 4.90 Å². The van der Waals surface area contributed by atoms with E-state index in [-0.39, 0.29) is 11.0 Å². The minimum Gasteiger partial charge on any atom is -0.488 e. The minimum absolute atomic E-state index is 0.0141. The van der Waals surface area contributed by atoms with Gasteiger partial charge in [0, 0.05) is 25.2 Å². The van der Waals surface area contributed by atoms with E-state index in [0.29, 0.717) is 34.7 Å². The van der Waals surface area contributed by atoms with Gasteiger partial charge in [-0.2, -0.15) is 0 Å². The largest absolute Gasteiger partial charge is 0.488 e. The molecule has 2 N–H and O–H groups in total. The second-order valence-corrected chi connectivity index (χ2v) is 7.76. The van der Waals surface area contributed by atoms with Gasteiger partial charge in [-0.3, -0.25) is 0 Å². The lowest BCUT2D eigenvalue weighted by Crippen LogP contribution is -2.27. The SMILES string of the molecule is NS(=O)(=O)c1cccnc1N1CCC(Oc2ccc(Cl)c(Cl)c2)C1. The molecule has 0 bridgehead atoms. The number of nitrogens with two attached hydrogens (primary N) is 1. The van der Waals surface area contributed by atoms with Crippen LogP contribution in [0.25, 0.3) is 0 Å². The molecule has 1 aliphatic heterocycles. The van der Waals surface area contributed by atoms with E-state index in [9.17, 15) is 8.42 Å². The van der Waals surface area contributed by atoms with Crippen LogP contribution >= 0.6 is 23.2 Å². The fourth-order valence-corrected chi connectivity index (χ4v) is 3.59. The highest BCUT2D eigenvalue weighted by Gasteiger charge is 2.28. The van der Waals surface area contributed by atoms with Crippen molar-refractivity contribution in [1.82, 2.24) is 4.98 Å². The number of primary sulfonamides is 1. The standard InChI is InChI=1S/C15H15Cl2N3O3S/c16-12-4-3-10(8-13(12)17)23-11-5-7-20(9-11)15-14(24(18,21)22)2-1-6-19-15/h1-4,6,8,11H,5,7,9H2,(H2,18,21,22). The summed E-state index contributed by atoms with van der Waals surface area (Å²) in [5, 5.41) is 6.14. The number of pyridine rings is 1. The Morgan fingerprint density at radius 2 is 2.04 bits per heavy atom. The van der Waals surface area contributed by atoms with Gasteiger partial charge in [-0.1, -0.05) is 23.2 Å². The Kier molecular flexibility index (Phi) is 4.87. The average molecular weight is 388 g/mol. The molecule has 2 aromatic rings. The Balaban J connectivity index is 1.75. The molecule has 1 saturated heterocycles. The van der Waals surface area contributed by atoms with Gasteiger partial charge in [0.15, 0.2) is 0 Å². The van der Waals surface area contributed by atoms with Crippen LogP contribution in [0.2, 0.25) is 10.0 Å². The number of hydrogen-bond acceptors (Lipinski definition) is 5. The molecule has 1 aromatic carbocycles. The lowest BCUT2D eigenvalue weighted by Gasteiger charge is -2.20. The summed E-state index contributed by atoms with van der Waals surface area (Å²) in [5.74, 6) is 0.962. The minimum atomic E-state index is -3.83. The van der Waals surface area contributed by atoms with Crippen LogP contribution in [0.1, 0.15) is 6.42 Å². The lowest BCUT2D eigenvalue weighted by atomic mass is 10.3. The van der Waals surface area contributed by atoms with Gasteiger partial charge in [-0.05, 0) is 24.3 Å². The summed E-state index contributed by atoms with van der Waals surface area (Å²) in [7, 11) is -3.83. The molecule has 1 atom stereocenters. The molecule has 128 valence electrons. The van der Waals surface area contributed by atoms with E-state index >= 15 is 0 Å². The van der Waals surface area contributed by atoms with Crippen LogP contribution in [-0.2, 0) is 10.0 Å². The second-order valence-electron chi connectivity index (χ2n) is 5.42. The van der Waals surface area contributed by atoms with Crippen LogP contribution in [-0.4, -0.2) is 32.6 Å². The molecule has 6 nitrogen and oxygen atoms in total. The smallest absolute Gasteiger partial charge is 0.241 e. The number of ether oxygens (including phenoxy) is 1. The molecular weight excluding hydrogens is 373 g/mol. The fourth-order valence-electron chi connectivity index (χ4n) is 2.60. The number of aromatic nitrogens is 1. The van der Waals surface area contributed by atoms with Crippen LogP contribution < -0.4 is 14.8 Å². The number of anilines is 1. The van der Waals surface area contributed by atoms with Crippen molar-refractivity contribution in [2.45, 2.75) is 17.4 Å². The molecule has 2 heterocycles.